The molecular weight excluding hydrogens is 246 g/mol. The minimum absolute atomic E-state index is 0.435. The Bertz CT molecular complexity index is 575. The molecule has 1 fully saturated rings. The van der Waals surface area contributed by atoms with Crippen molar-refractivity contribution in [2.45, 2.75) is 38.6 Å². The SMILES string of the molecule is CC(C)c1ccc(-c2cc(C3CCCN3)nn2C)cc1. The Balaban J connectivity index is 1.89. The quantitative estimate of drug-likeness (QED) is 0.922. The van der Waals surface area contributed by atoms with Crippen molar-refractivity contribution in [1.29, 1.82) is 0 Å². The molecule has 0 spiro atoms. The molecular formula is C17H23N3. The summed E-state index contributed by atoms with van der Waals surface area (Å²) in [5, 5.41) is 8.19. The highest BCUT2D eigenvalue weighted by molar-refractivity contribution is 5.60. The molecule has 0 saturated carbocycles. The van der Waals surface area contributed by atoms with Crippen LogP contribution in [0.4, 0.5) is 0 Å². The van der Waals surface area contributed by atoms with Crippen molar-refractivity contribution in [3.05, 3.63) is 41.6 Å². The van der Waals surface area contributed by atoms with Crippen LogP contribution in [-0.4, -0.2) is 16.3 Å². The topological polar surface area (TPSA) is 29.9 Å². The van der Waals surface area contributed by atoms with E-state index in [4.69, 9.17) is 0 Å². The smallest absolute Gasteiger partial charge is 0.0800 e. The molecule has 2 aromatic rings. The molecule has 3 rings (SSSR count). The molecule has 0 aliphatic carbocycles. The van der Waals surface area contributed by atoms with Crippen LogP contribution >= 0.6 is 0 Å². The summed E-state index contributed by atoms with van der Waals surface area (Å²) in [4.78, 5) is 0. The van der Waals surface area contributed by atoms with Crippen LogP contribution in [0.5, 0.6) is 0 Å². The first-order valence-corrected chi connectivity index (χ1v) is 7.53. The van der Waals surface area contributed by atoms with Crippen molar-refractivity contribution >= 4 is 0 Å². The fourth-order valence-electron chi connectivity index (χ4n) is 2.91. The molecule has 106 valence electrons. The molecule has 0 amide bonds. The highest BCUT2D eigenvalue weighted by Gasteiger charge is 2.20. The minimum Gasteiger partial charge on any atom is -0.309 e. The molecule has 1 aromatic carbocycles. The number of nitrogens with one attached hydrogen (secondary N) is 1. The first kappa shape index (κ1) is 13.4. The normalized spacial score (nSPS) is 18.9. The average Bonchev–Trinajstić information content (AvgIpc) is 3.08. The second-order valence-corrected chi connectivity index (χ2v) is 6.00. The summed E-state index contributed by atoms with van der Waals surface area (Å²) in [6.45, 7) is 5.56. The molecule has 0 bridgehead atoms. The Morgan fingerprint density at radius 1 is 1.25 bits per heavy atom. The van der Waals surface area contributed by atoms with Gasteiger partial charge in [0, 0.05) is 7.05 Å². The second-order valence-electron chi connectivity index (χ2n) is 6.00. The number of benzene rings is 1. The molecule has 1 aliphatic rings. The number of rotatable bonds is 3. The van der Waals surface area contributed by atoms with Gasteiger partial charge in [-0.15, -0.1) is 0 Å². The van der Waals surface area contributed by atoms with Gasteiger partial charge in [-0.1, -0.05) is 38.1 Å². The lowest BCUT2D eigenvalue weighted by Gasteiger charge is -2.07. The fraction of sp³-hybridized carbons (Fsp3) is 0.471. The molecule has 3 nitrogen and oxygen atoms in total. The molecule has 3 heteroatoms. The van der Waals surface area contributed by atoms with Gasteiger partial charge in [-0.2, -0.15) is 5.10 Å². The van der Waals surface area contributed by atoms with E-state index in [1.54, 1.807) is 0 Å². The summed E-state index contributed by atoms with van der Waals surface area (Å²) in [5.74, 6) is 0.578. The maximum Gasteiger partial charge on any atom is 0.0800 e. The summed E-state index contributed by atoms with van der Waals surface area (Å²) in [7, 11) is 2.03. The zero-order valence-electron chi connectivity index (χ0n) is 12.6. The standard InChI is InChI=1S/C17H23N3/c1-12(2)13-6-8-14(9-7-13)17-11-16(19-20(17)3)15-5-4-10-18-15/h6-9,11-12,15,18H,4-5,10H2,1-3H3. The minimum atomic E-state index is 0.435. The predicted molar refractivity (Wildman–Crippen MR) is 82.7 cm³/mol. The van der Waals surface area contributed by atoms with Crippen LogP contribution in [0, 0.1) is 0 Å². The van der Waals surface area contributed by atoms with Gasteiger partial charge in [0.05, 0.1) is 17.4 Å². The molecule has 0 radical (unpaired) electrons. The molecule has 1 aliphatic heterocycles. The van der Waals surface area contributed by atoms with E-state index >= 15 is 0 Å². The van der Waals surface area contributed by atoms with Gasteiger partial charge in [0.25, 0.3) is 0 Å². The first-order valence-electron chi connectivity index (χ1n) is 7.53. The second kappa shape index (κ2) is 5.41. The van der Waals surface area contributed by atoms with Crippen LogP contribution in [-0.2, 0) is 7.05 Å². The summed E-state index contributed by atoms with van der Waals surface area (Å²) in [5.41, 5.74) is 5.00. The predicted octanol–water partition coefficient (Wildman–Crippen LogP) is 3.64. The van der Waals surface area contributed by atoms with E-state index in [1.807, 2.05) is 11.7 Å². The number of aryl methyl sites for hydroxylation is 1. The lowest BCUT2D eigenvalue weighted by Crippen LogP contribution is -2.13. The van der Waals surface area contributed by atoms with Gasteiger partial charge >= 0.3 is 0 Å². The van der Waals surface area contributed by atoms with Crippen LogP contribution in [0.2, 0.25) is 0 Å². The van der Waals surface area contributed by atoms with E-state index in [1.165, 1.54) is 35.4 Å². The van der Waals surface area contributed by atoms with Crippen molar-refractivity contribution in [2.24, 2.45) is 7.05 Å². The molecule has 2 heterocycles. The highest BCUT2D eigenvalue weighted by atomic mass is 15.3. The fourth-order valence-corrected chi connectivity index (χ4v) is 2.91. The van der Waals surface area contributed by atoms with Gasteiger partial charge in [0.2, 0.25) is 0 Å². The molecule has 1 N–H and O–H groups in total. The Labute approximate surface area is 121 Å². The van der Waals surface area contributed by atoms with Crippen molar-refractivity contribution in [3.8, 4) is 11.3 Å². The van der Waals surface area contributed by atoms with Crippen LogP contribution in [0.15, 0.2) is 30.3 Å². The van der Waals surface area contributed by atoms with E-state index in [2.05, 4.69) is 54.6 Å². The summed E-state index contributed by atoms with van der Waals surface area (Å²) in [6, 6.07) is 11.5. The molecule has 20 heavy (non-hydrogen) atoms. The van der Waals surface area contributed by atoms with Crippen LogP contribution in [0.25, 0.3) is 11.3 Å². The third kappa shape index (κ3) is 2.50. The van der Waals surface area contributed by atoms with E-state index in [-0.39, 0.29) is 0 Å². The molecule has 1 aromatic heterocycles. The third-order valence-electron chi connectivity index (χ3n) is 4.19. The lowest BCUT2D eigenvalue weighted by molar-refractivity contribution is 0.607. The maximum atomic E-state index is 4.68. The maximum absolute atomic E-state index is 4.68. The van der Waals surface area contributed by atoms with Crippen LogP contribution < -0.4 is 5.32 Å². The number of hydrogen-bond acceptors (Lipinski definition) is 2. The lowest BCUT2D eigenvalue weighted by atomic mass is 10.0. The number of nitrogens with zero attached hydrogens (tertiary/aromatic N) is 2. The first-order chi connectivity index (χ1) is 9.65. The Kier molecular flexibility index (Phi) is 3.62. The number of aromatic nitrogens is 2. The molecule has 1 saturated heterocycles. The summed E-state index contributed by atoms with van der Waals surface area (Å²) < 4.78 is 2.00. The van der Waals surface area contributed by atoms with Crippen LogP contribution in [0.3, 0.4) is 0 Å². The van der Waals surface area contributed by atoms with Crippen molar-refractivity contribution in [1.82, 2.24) is 15.1 Å². The highest BCUT2D eigenvalue weighted by Crippen LogP contribution is 2.27. The van der Waals surface area contributed by atoms with Gasteiger partial charge in [-0.3, -0.25) is 4.68 Å². The number of hydrogen-bond donors (Lipinski definition) is 1. The van der Waals surface area contributed by atoms with Crippen LogP contribution in [0.1, 0.15) is 49.9 Å². The Hall–Kier alpha value is -1.61. The summed E-state index contributed by atoms with van der Waals surface area (Å²) >= 11 is 0. The van der Waals surface area contributed by atoms with E-state index in [0.29, 0.717) is 12.0 Å². The zero-order valence-corrected chi connectivity index (χ0v) is 12.6. The monoisotopic (exact) mass is 269 g/mol. The average molecular weight is 269 g/mol. The van der Waals surface area contributed by atoms with Gasteiger partial charge in [0.1, 0.15) is 0 Å². The summed E-state index contributed by atoms with van der Waals surface area (Å²) in [6.07, 6.45) is 2.45. The van der Waals surface area contributed by atoms with Gasteiger partial charge in [-0.05, 0) is 42.5 Å². The third-order valence-corrected chi connectivity index (χ3v) is 4.19. The molecule has 1 atom stereocenters. The van der Waals surface area contributed by atoms with E-state index in [0.717, 1.165) is 6.54 Å². The van der Waals surface area contributed by atoms with Gasteiger partial charge < -0.3 is 5.32 Å². The zero-order chi connectivity index (χ0) is 14.1. The van der Waals surface area contributed by atoms with Crippen molar-refractivity contribution in [3.63, 3.8) is 0 Å². The van der Waals surface area contributed by atoms with E-state index < -0.39 is 0 Å². The Morgan fingerprint density at radius 2 is 2.00 bits per heavy atom. The van der Waals surface area contributed by atoms with Crippen molar-refractivity contribution < 1.29 is 0 Å². The Morgan fingerprint density at radius 3 is 2.60 bits per heavy atom. The van der Waals surface area contributed by atoms with Gasteiger partial charge in [0.15, 0.2) is 0 Å². The van der Waals surface area contributed by atoms with E-state index in [9.17, 15) is 0 Å². The molecule has 1 unspecified atom stereocenters. The largest absolute Gasteiger partial charge is 0.309 e. The van der Waals surface area contributed by atoms with Gasteiger partial charge in [-0.25, -0.2) is 0 Å². The van der Waals surface area contributed by atoms with Crippen molar-refractivity contribution in [2.75, 3.05) is 6.54 Å².